The fraction of sp³-hybridized carbons (Fsp3) is 0.938. The number of Topliss-reactive ketones (excluding diaryl/α,β-unsaturated/α-hetero) is 1. The standard InChI is InChI=1S/C48H76O19/c1-11-21(2)42(56)64-39-40-45(7)15-13-27(18-26(45)12-16-47(40)48(67-47)17-14-28(22(3)50)46(48,8)41(39)61-25(6)51)62-31-19-29(57-9)36(23(4)59-31)65-44-35(55)38(58-10)37(24(5)60-44)66-43-34(54)33(53)32(52)30(20-49)63-43/h21,23-24,26-41,43-44,49,52-55H,11-20H2,1-10H3/t21?,23-,24-,26+,27+,28+,29-,30-,31+,32-,33+,34-,35-,36-,37-,38+,39+,40-,41-,43+,44+,45+,46+,47+,48-/m1/s1. The Hall–Kier alpha value is -1.95. The molecule has 4 aliphatic heterocycles. The smallest absolute Gasteiger partial charge is 0.309 e. The summed E-state index contributed by atoms with van der Waals surface area (Å²) in [7, 11) is 2.95. The molecule has 0 radical (unpaired) electrons. The van der Waals surface area contributed by atoms with Gasteiger partial charge in [-0.25, -0.2) is 0 Å². The largest absolute Gasteiger partial charge is 0.458 e. The molecule has 4 heterocycles. The second-order valence-electron chi connectivity index (χ2n) is 21.4. The summed E-state index contributed by atoms with van der Waals surface area (Å²) in [5.74, 6) is -1.75. The number of rotatable bonds is 14. The second-order valence-corrected chi connectivity index (χ2v) is 21.4. The Kier molecular flexibility index (Phi) is 14.8. The van der Waals surface area contributed by atoms with E-state index in [0.29, 0.717) is 38.5 Å². The van der Waals surface area contributed by atoms with Gasteiger partial charge >= 0.3 is 11.9 Å². The summed E-state index contributed by atoms with van der Waals surface area (Å²) in [6.45, 7) is 13.9. The van der Waals surface area contributed by atoms with E-state index in [-0.39, 0.29) is 41.0 Å². The minimum absolute atomic E-state index is 0.0172. The lowest BCUT2D eigenvalue weighted by molar-refractivity contribution is -0.371. The van der Waals surface area contributed by atoms with Gasteiger partial charge in [-0.1, -0.05) is 27.7 Å². The number of carbonyl (C=O) groups is 3. The number of ketones is 1. The normalized spacial score (nSPS) is 51.9. The van der Waals surface area contributed by atoms with E-state index < -0.39 is 133 Å². The molecule has 5 N–H and O–H groups in total. The lowest BCUT2D eigenvalue weighted by atomic mass is 9.43. The Morgan fingerprint density at radius 3 is 2.07 bits per heavy atom. The van der Waals surface area contributed by atoms with Crippen molar-refractivity contribution in [3.63, 3.8) is 0 Å². The van der Waals surface area contributed by atoms with Crippen LogP contribution in [0.15, 0.2) is 0 Å². The fourth-order valence-corrected chi connectivity index (χ4v) is 14.2. The molecule has 0 aromatic heterocycles. The van der Waals surface area contributed by atoms with Gasteiger partial charge in [-0.15, -0.1) is 0 Å². The highest BCUT2D eigenvalue weighted by molar-refractivity contribution is 5.81. The Morgan fingerprint density at radius 1 is 0.746 bits per heavy atom. The summed E-state index contributed by atoms with van der Waals surface area (Å²) in [6, 6.07) is 0. The fourth-order valence-electron chi connectivity index (χ4n) is 14.2. The number of carbonyl (C=O) groups excluding carboxylic acids is 3. The molecule has 2 spiro atoms. The molecule has 19 nitrogen and oxygen atoms in total. The molecular formula is C48H76O19. The van der Waals surface area contributed by atoms with Gasteiger partial charge in [-0.2, -0.15) is 0 Å². The van der Waals surface area contributed by atoms with E-state index in [0.717, 1.165) is 19.3 Å². The third-order valence-electron chi connectivity index (χ3n) is 17.9. The van der Waals surface area contributed by atoms with Gasteiger partial charge in [-0.05, 0) is 83.5 Å². The number of methoxy groups -OCH3 is 2. The second kappa shape index (κ2) is 19.2. The van der Waals surface area contributed by atoms with Crippen LogP contribution in [0.3, 0.4) is 0 Å². The summed E-state index contributed by atoms with van der Waals surface area (Å²) in [5.41, 5.74) is -2.59. The zero-order valence-electron chi connectivity index (χ0n) is 40.6. The maximum Gasteiger partial charge on any atom is 0.309 e. The Labute approximate surface area is 393 Å². The first-order valence-corrected chi connectivity index (χ1v) is 24.6. The van der Waals surface area contributed by atoms with Crippen LogP contribution in [0.25, 0.3) is 0 Å². The van der Waals surface area contributed by atoms with Gasteiger partial charge in [0, 0.05) is 44.8 Å². The highest BCUT2D eigenvalue weighted by atomic mass is 16.8. The number of hydrogen-bond acceptors (Lipinski definition) is 19. The average Bonchev–Trinajstić information content (AvgIpc) is 3.84. The lowest BCUT2D eigenvalue weighted by Gasteiger charge is -2.61. The van der Waals surface area contributed by atoms with E-state index in [1.807, 2.05) is 27.7 Å². The average molecular weight is 957 g/mol. The van der Waals surface area contributed by atoms with Crippen LogP contribution < -0.4 is 0 Å². The van der Waals surface area contributed by atoms with Gasteiger partial charge in [0.05, 0.1) is 36.9 Å². The molecule has 19 heteroatoms. The van der Waals surface area contributed by atoms with Gasteiger partial charge in [0.25, 0.3) is 0 Å². The van der Waals surface area contributed by atoms with Crippen LogP contribution in [0.4, 0.5) is 0 Å². The van der Waals surface area contributed by atoms with Crippen molar-refractivity contribution in [1.82, 2.24) is 0 Å². The minimum atomic E-state index is -1.66. The molecular weight excluding hydrogens is 881 g/mol. The highest BCUT2D eigenvalue weighted by Gasteiger charge is 2.91. The molecule has 8 rings (SSSR count). The van der Waals surface area contributed by atoms with Gasteiger partial charge in [-0.3, -0.25) is 14.4 Å². The third-order valence-corrected chi connectivity index (χ3v) is 17.9. The van der Waals surface area contributed by atoms with Gasteiger partial charge in [0.15, 0.2) is 18.9 Å². The number of aliphatic hydroxyl groups is 5. The SMILES string of the molecule is CCC(C)C(=O)O[C@@H]1[C@@H](OC(C)=O)[C@]2(C)[C@H](C(C)=O)CC[C@@]23O[C@]32CC[C@H]3C[C@@H](O[C@H]4C[C@@H](OC)[C@H](O[C@@H]5O[C@H](C)[C@@H](O[C@@H]6O[C@H](CO)[C@@H](O)[C@H](O)[C@H]6O)[C@@H](OC)[C@H]5O)[C@@H](C)O4)CC[C@]3(C)[C@@H]12. The van der Waals surface area contributed by atoms with Crippen LogP contribution in [0, 0.1) is 34.5 Å². The zero-order valence-corrected chi connectivity index (χ0v) is 40.6. The molecule has 382 valence electrons. The number of fused-ring (bicyclic) bond motifs is 2. The van der Waals surface area contributed by atoms with E-state index in [1.165, 1.54) is 14.0 Å². The van der Waals surface area contributed by atoms with Gasteiger partial charge in [0.1, 0.15) is 78.0 Å². The van der Waals surface area contributed by atoms with E-state index in [4.69, 9.17) is 52.1 Å². The van der Waals surface area contributed by atoms with E-state index in [2.05, 4.69) is 6.92 Å². The summed E-state index contributed by atoms with van der Waals surface area (Å²) in [6.07, 6.45) is -11.5. The number of ether oxygens (including phenoxy) is 11. The molecule has 1 unspecified atom stereocenters. The summed E-state index contributed by atoms with van der Waals surface area (Å²) in [5, 5.41) is 52.3. The number of aliphatic hydroxyl groups excluding tert-OH is 5. The van der Waals surface area contributed by atoms with Crippen molar-refractivity contribution in [2.24, 2.45) is 34.5 Å². The molecule has 0 aromatic rings. The maximum absolute atomic E-state index is 13.8. The van der Waals surface area contributed by atoms with Crippen LogP contribution in [-0.2, 0) is 66.5 Å². The summed E-state index contributed by atoms with van der Waals surface area (Å²) in [4.78, 5) is 40.2. The molecule has 4 aliphatic carbocycles. The van der Waals surface area contributed by atoms with Crippen molar-refractivity contribution < 1.29 is 92.0 Å². The molecule has 0 bridgehead atoms. The molecule has 0 amide bonds. The predicted molar refractivity (Wildman–Crippen MR) is 230 cm³/mol. The molecule has 25 atom stereocenters. The Morgan fingerprint density at radius 2 is 1.43 bits per heavy atom. The molecule has 0 aromatic carbocycles. The topological polar surface area (TPSA) is 257 Å². The van der Waals surface area contributed by atoms with Crippen LogP contribution in [0.2, 0.25) is 0 Å². The summed E-state index contributed by atoms with van der Waals surface area (Å²) >= 11 is 0. The molecule has 4 saturated carbocycles. The van der Waals surface area contributed by atoms with Crippen LogP contribution >= 0.6 is 0 Å². The van der Waals surface area contributed by atoms with Crippen molar-refractivity contribution in [1.29, 1.82) is 0 Å². The summed E-state index contributed by atoms with van der Waals surface area (Å²) < 4.78 is 69.0. The number of hydrogen-bond donors (Lipinski definition) is 5. The van der Waals surface area contributed by atoms with Crippen molar-refractivity contribution in [2.75, 3.05) is 20.8 Å². The minimum Gasteiger partial charge on any atom is -0.458 e. The van der Waals surface area contributed by atoms with Crippen molar-refractivity contribution >= 4 is 17.7 Å². The van der Waals surface area contributed by atoms with E-state index in [1.54, 1.807) is 21.0 Å². The molecule has 8 fully saturated rings. The van der Waals surface area contributed by atoms with E-state index in [9.17, 15) is 39.9 Å². The Bertz CT molecular complexity index is 1800. The van der Waals surface area contributed by atoms with Crippen LogP contribution in [-0.4, -0.2) is 180 Å². The van der Waals surface area contributed by atoms with Crippen LogP contribution in [0.5, 0.6) is 0 Å². The first kappa shape index (κ1) is 51.4. The predicted octanol–water partition coefficient (Wildman–Crippen LogP) is 1.85. The van der Waals surface area contributed by atoms with Crippen molar-refractivity contribution in [3.05, 3.63) is 0 Å². The zero-order chi connectivity index (χ0) is 48.7. The third kappa shape index (κ3) is 8.33. The molecule has 4 saturated heterocycles. The first-order valence-electron chi connectivity index (χ1n) is 24.6. The van der Waals surface area contributed by atoms with Gasteiger partial charge < -0.3 is 77.6 Å². The monoisotopic (exact) mass is 956 g/mol. The quantitative estimate of drug-likeness (QED) is 0.0946. The maximum atomic E-state index is 13.8. The molecule has 67 heavy (non-hydrogen) atoms. The van der Waals surface area contributed by atoms with Crippen molar-refractivity contribution in [3.8, 4) is 0 Å². The van der Waals surface area contributed by atoms with E-state index >= 15 is 0 Å². The highest BCUT2D eigenvalue weighted by Crippen LogP contribution is 2.81. The van der Waals surface area contributed by atoms with Crippen molar-refractivity contribution in [2.45, 2.75) is 229 Å². The molecule has 8 aliphatic rings. The number of epoxide rings is 1. The number of esters is 2. The first-order chi connectivity index (χ1) is 31.7. The Balaban J connectivity index is 0.942. The van der Waals surface area contributed by atoms with Gasteiger partial charge in [0.2, 0.25) is 0 Å². The van der Waals surface area contributed by atoms with Crippen LogP contribution in [0.1, 0.15) is 113 Å². The lowest BCUT2D eigenvalue weighted by Crippen LogP contribution is -2.70.